The first kappa shape index (κ1) is 18.3. The fraction of sp³-hybridized carbons (Fsp3) is 0.474. The van der Waals surface area contributed by atoms with Gasteiger partial charge < -0.3 is 23.8 Å². The highest BCUT2D eigenvalue weighted by molar-refractivity contribution is 5.95. The van der Waals surface area contributed by atoms with Gasteiger partial charge in [0.2, 0.25) is 5.91 Å². The van der Waals surface area contributed by atoms with Crippen molar-refractivity contribution in [1.29, 1.82) is 0 Å². The Balaban J connectivity index is 1.56. The molecule has 1 saturated heterocycles. The number of furan rings is 2. The molecular formula is C19H24N2O5. The van der Waals surface area contributed by atoms with Crippen LogP contribution >= 0.6 is 0 Å². The summed E-state index contributed by atoms with van der Waals surface area (Å²) in [5.41, 5.74) is 0.527. The molecule has 2 aromatic heterocycles. The largest absolute Gasteiger partial charge is 0.469 e. The number of amides is 2. The second-order valence-electron chi connectivity index (χ2n) is 6.38. The molecule has 1 unspecified atom stereocenters. The van der Waals surface area contributed by atoms with Crippen LogP contribution in [0, 0.1) is 6.92 Å². The lowest BCUT2D eigenvalue weighted by atomic mass is 10.1. The molecule has 2 amide bonds. The normalized spacial score (nSPS) is 16.6. The monoisotopic (exact) mass is 360 g/mol. The van der Waals surface area contributed by atoms with Gasteiger partial charge in [-0.2, -0.15) is 0 Å². The van der Waals surface area contributed by atoms with E-state index >= 15 is 0 Å². The van der Waals surface area contributed by atoms with E-state index in [0.717, 1.165) is 19.4 Å². The van der Waals surface area contributed by atoms with Gasteiger partial charge in [0, 0.05) is 26.1 Å². The summed E-state index contributed by atoms with van der Waals surface area (Å²) in [6.45, 7) is 3.63. The Labute approximate surface area is 152 Å². The second kappa shape index (κ2) is 8.71. The summed E-state index contributed by atoms with van der Waals surface area (Å²) < 4.78 is 16.1. The average Bonchev–Trinajstić information content (AvgIpc) is 3.38. The summed E-state index contributed by atoms with van der Waals surface area (Å²) in [4.78, 5) is 26.6. The lowest BCUT2D eigenvalue weighted by Gasteiger charge is -2.25. The molecule has 1 N–H and O–H groups in total. The molecule has 3 heterocycles. The van der Waals surface area contributed by atoms with Crippen LogP contribution in [0.25, 0.3) is 0 Å². The molecule has 0 spiro atoms. The van der Waals surface area contributed by atoms with Crippen molar-refractivity contribution in [2.75, 3.05) is 19.7 Å². The molecule has 0 saturated carbocycles. The summed E-state index contributed by atoms with van der Waals surface area (Å²) >= 11 is 0. The SMILES string of the molecule is Cc1occc1C(=O)N(CCC(=O)NCc1ccco1)CC1CCCO1. The van der Waals surface area contributed by atoms with Crippen LogP contribution in [0.15, 0.2) is 39.6 Å². The van der Waals surface area contributed by atoms with Crippen LogP contribution in [0.4, 0.5) is 0 Å². The summed E-state index contributed by atoms with van der Waals surface area (Å²) in [7, 11) is 0. The molecule has 1 atom stereocenters. The summed E-state index contributed by atoms with van der Waals surface area (Å²) in [6.07, 6.45) is 5.24. The zero-order valence-electron chi connectivity index (χ0n) is 14.9. The third-order valence-electron chi connectivity index (χ3n) is 4.47. The number of nitrogens with one attached hydrogen (secondary N) is 1. The predicted molar refractivity (Wildman–Crippen MR) is 93.5 cm³/mol. The van der Waals surface area contributed by atoms with Crippen LogP contribution in [0.3, 0.4) is 0 Å². The zero-order valence-corrected chi connectivity index (χ0v) is 14.9. The molecule has 3 rings (SSSR count). The molecule has 26 heavy (non-hydrogen) atoms. The van der Waals surface area contributed by atoms with Crippen LogP contribution < -0.4 is 5.32 Å². The van der Waals surface area contributed by atoms with Gasteiger partial charge in [-0.1, -0.05) is 0 Å². The van der Waals surface area contributed by atoms with Crippen LogP contribution in [-0.2, 0) is 16.1 Å². The topological polar surface area (TPSA) is 84.9 Å². The molecule has 0 aromatic carbocycles. The number of hydrogen-bond acceptors (Lipinski definition) is 5. The molecule has 1 aliphatic rings. The van der Waals surface area contributed by atoms with E-state index in [1.165, 1.54) is 6.26 Å². The third-order valence-corrected chi connectivity index (χ3v) is 4.47. The summed E-state index contributed by atoms with van der Waals surface area (Å²) in [6, 6.07) is 5.24. The molecule has 1 aliphatic heterocycles. The van der Waals surface area contributed by atoms with E-state index < -0.39 is 0 Å². The minimum atomic E-state index is -0.134. The van der Waals surface area contributed by atoms with E-state index in [-0.39, 0.29) is 24.3 Å². The van der Waals surface area contributed by atoms with E-state index in [4.69, 9.17) is 13.6 Å². The van der Waals surface area contributed by atoms with Gasteiger partial charge in [-0.3, -0.25) is 9.59 Å². The van der Waals surface area contributed by atoms with E-state index in [1.807, 2.05) is 0 Å². The highest BCUT2D eigenvalue weighted by Crippen LogP contribution is 2.17. The van der Waals surface area contributed by atoms with E-state index in [1.54, 1.807) is 36.3 Å². The van der Waals surface area contributed by atoms with Gasteiger partial charge in [0.1, 0.15) is 11.5 Å². The van der Waals surface area contributed by atoms with Gasteiger partial charge in [-0.25, -0.2) is 0 Å². The van der Waals surface area contributed by atoms with E-state index in [2.05, 4.69) is 5.32 Å². The zero-order chi connectivity index (χ0) is 18.4. The van der Waals surface area contributed by atoms with Crippen molar-refractivity contribution in [2.45, 2.75) is 38.8 Å². The smallest absolute Gasteiger partial charge is 0.257 e. The Morgan fingerprint density at radius 1 is 1.27 bits per heavy atom. The van der Waals surface area contributed by atoms with Gasteiger partial charge in [0.25, 0.3) is 5.91 Å². The van der Waals surface area contributed by atoms with E-state index in [9.17, 15) is 9.59 Å². The first-order valence-electron chi connectivity index (χ1n) is 8.87. The quantitative estimate of drug-likeness (QED) is 0.782. The van der Waals surface area contributed by atoms with Crippen molar-refractivity contribution in [3.05, 3.63) is 47.8 Å². The number of carbonyl (C=O) groups is 2. The molecule has 140 valence electrons. The number of ether oxygens (including phenoxy) is 1. The number of hydrogen-bond donors (Lipinski definition) is 1. The van der Waals surface area contributed by atoms with Gasteiger partial charge in [0.05, 0.1) is 30.7 Å². The second-order valence-corrected chi connectivity index (χ2v) is 6.38. The van der Waals surface area contributed by atoms with Crippen LogP contribution in [0.1, 0.15) is 41.1 Å². The van der Waals surface area contributed by atoms with Gasteiger partial charge >= 0.3 is 0 Å². The van der Waals surface area contributed by atoms with Crippen LogP contribution in [0.2, 0.25) is 0 Å². The van der Waals surface area contributed by atoms with Crippen molar-refractivity contribution < 1.29 is 23.2 Å². The highest BCUT2D eigenvalue weighted by Gasteiger charge is 2.25. The molecule has 0 bridgehead atoms. The third kappa shape index (κ3) is 4.76. The Hall–Kier alpha value is -2.54. The first-order valence-corrected chi connectivity index (χ1v) is 8.87. The van der Waals surface area contributed by atoms with E-state index in [0.29, 0.717) is 36.7 Å². The lowest BCUT2D eigenvalue weighted by molar-refractivity contribution is -0.121. The minimum Gasteiger partial charge on any atom is -0.469 e. The predicted octanol–water partition coefficient (Wildman–Crippen LogP) is 2.51. The van der Waals surface area contributed by atoms with Crippen molar-refractivity contribution in [3.63, 3.8) is 0 Å². The Kier molecular flexibility index (Phi) is 6.12. The fourth-order valence-electron chi connectivity index (χ4n) is 3.01. The maximum absolute atomic E-state index is 12.8. The molecular weight excluding hydrogens is 336 g/mol. The fourth-order valence-corrected chi connectivity index (χ4v) is 3.01. The first-order chi connectivity index (χ1) is 12.6. The standard InChI is InChI=1S/C19H24N2O5/c1-14-17(7-11-24-14)19(23)21(13-16-5-3-10-26-16)8-6-18(22)20-12-15-4-2-9-25-15/h2,4,7,9,11,16H,3,5-6,8,10,12-13H2,1H3,(H,20,22). The van der Waals surface area contributed by atoms with Gasteiger partial charge in [-0.15, -0.1) is 0 Å². The van der Waals surface area contributed by atoms with Crippen molar-refractivity contribution in [1.82, 2.24) is 10.2 Å². The minimum absolute atomic E-state index is 0.0253. The molecule has 1 fully saturated rings. The summed E-state index contributed by atoms with van der Waals surface area (Å²) in [5.74, 6) is 1.01. The van der Waals surface area contributed by atoms with Gasteiger partial charge in [0.15, 0.2) is 0 Å². The molecule has 2 aromatic rings. The van der Waals surface area contributed by atoms with Crippen molar-refractivity contribution in [3.8, 4) is 0 Å². The maximum Gasteiger partial charge on any atom is 0.257 e. The number of aryl methyl sites for hydroxylation is 1. The lowest BCUT2D eigenvalue weighted by Crippen LogP contribution is -2.40. The van der Waals surface area contributed by atoms with Crippen LogP contribution in [-0.4, -0.2) is 42.5 Å². The molecule has 0 aliphatic carbocycles. The van der Waals surface area contributed by atoms with Crippen molar-refractivity contribution >= 4 is 11.8 Å². The average molecular weight is 360 g/mol. The number of rotatable bonds is 8. The Morgan fingerprint density at radius 3 is 2.81 bits per heavy atom. The Morgan fingerprint density at radius 2 is 2.15 bits per heavy atom. The molecule has 0 radical (unpaired) electrons. The number of carbonyl (C=O) groups excluding carboxylic acids is 2. The number of nitrogens with zero attached hydrogens (tertiary/aromatic N) is 1. The Bertz CT molecular complexity index is 716. The highest BCUT2D eigenvalue weighted by atomic mass is 16.5. The maximum atomic E-state index is 12.8. The van der Waals surface area contributed by atoms with Crippen LogP contribution in [0.5, 0.6) is 0 Å². The molecule has 7 nitrogen and oxygen atoms in total. The van der Waals surface area contributed by atoms with Gasteiger partial charge in [-0.05, 0) is 38.0 Å². The summed E-state index contributed by atoms with van der Waals surface area (Å²) in [5, 5.41) is 2.80. The molecule has 7 heteroatoms. The van der Waals surface area contributed by atoms with Crippen molar-refractivity contribution in [2.24, 2.45) is 0 Å².